The maximum Gasteiger partial charge on any atom is 0.172 e. The zero-order chi connectivity index (χ0) is 29.4. The Kier molecular flexibility index (Phi) is 16.1. The van der Waals surface area contributed by atoms with E-state index in [1.54, 1.807) is 22.3 Å². The smallest absolute Gasteiger partial charge is 0.172 e. The second-order valence-corrected chi connectivity index (χ2v) is 15.9. The molecule has 0 aliphatic heterocycles. The molecule has 0 spiro atoms. The van der Waals surface area contributed by atoms with Crippen LogP contribution in [0.3, 0.4) is 0 Å². The number of aryl methyl sites for hydroxylation is 6. The summed E-state index contributed by atoms with van der Waals surface area (Å²) in [5.41, 5.74) is 6.38. The highest BCUT2D eigenvalue weighted by atomic mass is 33.1. The van der Waals surface area contributed by atoms with Crippen molar-refractivity contribution in [2.24, 2.45) is 0 Å². The Morgan fingerprint density at radius 2 is 0.950 bits per heavy atom. The van der Waals surface area contributed by atoms with E-state index in [0.717, 1.165) is 0 Å². The number of hydrogen-bond acceptors (Lipinski definition) is 8. The fourth-order valence-electron chi connectivity index (χ4n) is 4.74. The average Bonchev–Trinajstić information content (AvgIpc) is 2.87. The summed E-state index contributed by atoms with van der Waals surface area (Å²) in [7, 11) is -3.68. The van der Waals surface area contributed by atoms with Gasteiger partial charge in [-0.2, -0.15) is 0 Å². The van der Waals surface area contributed by atoms with Crippen LogP contribution in [0.1, 0.15) is 73.6 Å². The molecule has 0 aromatic carbocycles. The zero-order valence-electron chi connectivity index (χ0n) is 23.8. The van der Waals surface area contributed by atoms with Crippen LogP contribution in [0, 0.1) is 0 Å². The molecule has 40 heavy (non-hydrogen) atoms. The van der Waals surface area contributed by atoms with E-state index in [-0.39, 0.29) is 0 Å². The van der Waals surface area contributed by atoms with Crippen molar-refractivity contribution in [2.45, 2.75) is 90.1 Å². The van der Waals surface area contributed by atoms with Gasteiger partial charge in [-0.3, -0.25) is 0 Å². The van der Waals surface area contributed by atoms with E-state index in [0.29, 0.717) is 12.5 Å². The van der Waals surface area contributed by atoms with Gasteiger partial charge in [0, 0.05) is 60.1 Å². The van der Waals surface area contributed by atoms with Crippen molar-refractivity contribution in [3.05, 3.63) is 59.2 Å². The first kappa shape index (κ1) is 35.0. The molecule has 0 saturated heterocycles. The maximum atomic E-state index is 9.08. The van der Waals surface area contributed by atoms with Gasteiger partial charge in [0.1, 0.15) is 13.1 Å². The van der Waals surface area contributed by atoms with Gasteiger partial charge in [0.05, 0.1) is 20.2 Å². The molecule has 0 unspecified atom stereocenters. The highest BCUT2D eigenvalue weighted by molar-refractivity contribution is 8.76. The summed E-state index contributed by atoms with van der Waals surface area (Å²) >= 11 is 0. The second kappa shape index (κ2) is 18.4. The lowest BCUT2D eigenvalue weighted by atomic mass is 9.93. The molecule has 0 fully saturated rings. The molecule has 2 aromatic heterocycles. The number of unbranched alkanes of at least 4 members (excludes halogenated alkanes) is 2. The average molecular weight is 633 g/mol. The normalized spacial score (nSPS) is 14.6. The van der Waals surface area contributed by atoms with Gasteiger partial charge >= 0.3 is 0 Å². The monoisotopic (exact) mass is 632 g/mol. The summed E-state index contributed by atoms with van der Waals surface area (Å²) in [4.78, 5) is 0. The highest BCUT2D eigenvalue weighted by Gasteiger charge is 2.14. The Hall–Kier alpha value is -1.18. The largest absolute Gasteiger partial charge is 0.748 e. The first-order chi connectivity index (χ1) is 18.9. The van der Waals surface area contributed by atoms with Crippen LogP contribution in [0.15, 0.2) is 36.9 Å². The summed E-state index contributed by atoms with van der Waals surface area (Å²) in [5, 5.41) is 0. The quantitative estimate of drug-likeness (QED) is 0.158. The van der Waals surface area contributed by atoms with Crippen molar-refractivity contribution >= 4 is 41.8 Å². The van der Waals surface area contributed by atoms with Gasteiger partial charge in [-0.25, -0.2) is 26.0 Å². The number of nitrogens with zero attached hydrogens (tertiary/aromatic N) is 2. The van der Waals surface area contributed by atoms with Crippen LogP contribution in [0.4, 0.5) is 0 Å². The van der Waals surface area contributed by atoms with Crippen LogP contribution in [0.2, 0.25) is 0 Å². The Bertz CT molecular complexity index is 1140. The first-order valence-electron chi connectivity index (χ1n) is 14.0. The molecule has 0 atom stereocenters. The lowest BCUT2D eigenvalue weighted by Crippen LogP contribution is -2.34. The van der Waals surface area contributed by atoms with E-state index < -0.39 is 20.2 Å². The van der Waals surface area contributed by atoms with E-state index in [1.807, 2.05) is 0 Å². The minimum absolute atomic E-state index is 0.604. The van der Waals surface area contributed by atoms with Gasteiger partial charge in [0.15, 0.2) is 24.8 Å². The molecular formula is C28H44N2O6S4. The van der Waals surface area contributed by atoms with Crippen LogP contribution < -0.4 is 9.13 Å². The summed E-state index contributed by atoms with van der Waals surface area (Å²) in [6, 6.07) is 4.73. The topological polar surface area (TPSA) is 122 Å². The molecule has 0 N–H and O–H groups in total. The van der Waals surface area contributed by atoms with Crippen molar-refractivity contribution in [1.82, 2.24) is 0 Å². The molecule has 2 aliphatic carbocycles. The second-order valence-electron chi connectivity index (χ2n) is 10.3. The number of rotatable bonds is 11. The molecule has 0 radical (unpaired) electrons. The van der Waals surface area contributed by atoms with Crippen LogP contribution in [-0.4, -0.2) is 50.0 Å². The predicted molar refractivity (Wildman–Crippen MR) is 161 cm³/mol. The third-order valence-corrected chi connectivity index (χ3v) is 9.14. The summed E-state index contributed by atoms with van der Waals surface area (Å²) in [6.07, 6.45) is 26.5. The summed E-state index contributed by atoms with van der Waals surface area (Å²) in [5.74, 6) is 2.57. The van der Waals surface area contributed by atoms with E-state index in [2.05, 4.69) is 67.6 Å². The molecule has 12 heteroatoms. The molecule has 0 bridgehead atoms. The first-order valence-corrected chi connectivity index (χ1v) is 20.1. The highest BCUT2D eigenvalue weighted by Crippen LogP contribution is 2.24. The molecule has 2 aromatic rings. The number of hydrogen-bond donors (Lipinski definition) is 0. The van der Waals surface area contributed by atoms with E-state index in [4.69, 9.17) is 25.9 Å². The van der Waals surface area contributed by atoms with Gasteiger partial charge in [-0.15, -0.1) is 0 Å². The van der Waals surface area contributed by atoms with Crippen LogP contribution in [-0.2, 0) is 59.0 Å². The number of pyridine rings is 2. The van der Waals surface area contributed by atoms with Crippen LogP contribution in [0.25, 0.3) is 0 Å². The molecule has 2 heterocycles. The molecular weight excluding hydrogens is 589 g/mol. The predicted octanol–water partition coefficient (Wildman–Crippen LogP) is 3.98. The standard InChI is InChI=1S/C26H38N2S2.2CH4O3S/c1-3-11-25-21-27(17-13-23(25)9-1)15-5-7-19-29-30-20-8-6-16-28-18-14-24-10-2-4-12-26(24)22-28;2*1-5(2,3)4/h13-14,17-18,21-22H,1-12,15-16,19-20H2;2*1H3,(H,2,3,4)/q+2;;/p-2. The van der Waals surface area contributed by atoms with E-state index >= 15 is 0 Å². The number of aromatic nitrogens is 2. The summed E-state index contributed by atoms with van der Waals surface area (Å²) < 4.78 is 59.3. The minimum Gasteiger partial charge on any atom is -0.748 e. The van der Waals surface area contributed by atoms with Crippen molar-refractivity contribution < 1.29 is 35.1 Å². The third kappa shape index (κ3) is 17.6. The molecule has 8 nitrogen and oxygen atoms in total. The minimum atomic E-state index is -3.92. The zero-order valence-corrected chi connectivity index (χ0v) is 27.0. The van der Waals surface area contributed by atoms with Gasteiger partial charge in [0.2, 0.25) is 0 Å². The third-order valence-electron chi connectivity index (χ3n) is 6.56. The van der Waals surface area contributed by atoms with Crippen LogP contribution in [0.5, 0.6) is 0 Å². The Labute approximate surface area is 249 Å². The van der Waals surface area contributed by atoms with Gasteiger partial charge in [0.25, 0.3) is 0 Å². The molecule has 226 valence electrons. The van der Waals surface area contributed by atoms with Crippen molar-refractivity contribution in [1.29, 1.82) is 0 Å². The summed E-state index contributed by atoms with van der Waals surface area (Å²) in [6.45, 7) is 2.35. The van der Waals surface area contributed by atoms with Crippen molar-refractivity contribution in [2.75, 3.05) is 24.0 Å². The van der Waals surface area contributed by atoms with Crippen LogP contribution >= 0.6 is 21.6 Å². The SMILES string of the molecule is CS(=O)(=O)[O-].CS(=O)(=O)[O-].c1c[n+](CCCCSSCCCC[n+]2ccc3c(c2)CCCC3)cc2c1CCCC2. The molecule has 0 saturated carbocycles. The van der Waals surface area contributed by atoms with E-state index in [1.165, 1.54) is 102 Å². The maximum absolute atomic E-state index is 9.08. The lowest BCUT2D eigenvalue weighted by Gasteiger charge is -2.13. The van der Waals surface area contributed by atoms with Gasteiger partial charge in [-0.05, 0) is 75.3 Å². The fourth-order valence-corrected chi connectivity index (χ4v) is 7.04. The van der Waals surface area contributed by atoms with Crippen molar-refractivity contribution in [3.8, 4) is 0 Å². The fraction of sp³-hybridized carbons (Fsp3) is 0.643. The Morgan fingerprint density at radius 1 is 0.625 bits per heavy atom. The Morgan fingerprint density at radius 3 is 1.30 bits per heavy atom. The van der Waals surface area contributed by atoms with E-state index in [9.17, 15) is 0 Å². The number of fused-ring (bicyclic) bond motifs is 2. The van der Waals surface area contributed by atoms with Gasteiger partial charge in [-0.1, -0.05) is 21.6 Å². The van der Waals surface area contributed by atoms with Gasteiger partial charge < -0.3 is 9.11 Å². The Balaban J connectivity index is 0.000000482. The molecule has 2 aliphatic rings. The molecule has 0 amide bonds. The lowest BCUT2D eigenvalue weighted by molar-refractivity contribution is -0.697. The van der Waals surface area contributed by atoms with Crippen molar-refractivity contribution in [3.63, 3.8) is 0 Å². The molecule has 4 rings (SSSR count).